The van der Waals surface area contributed by atoms with Crippen molar-refractivity contribution in [1.82, 2.24) is 15.5 Å². The zero-order chi connectivity index (χ0) is 19.6. The number of carboxylic acid groups (broad SMARTS) is 1. The normalized spacial score (nSPS) is 22.3. The van der Waals surface area contributed by atoms with Gasteiger partial charge in [-0.3, -0.25) is 14.4 Å². The summed E-state index contributed by atoms with van der Waals surface area (Å²) in [5, 5.41) is 15.1. The molecule has 0 saturated carbocycles. The van der Waals surface area contributed by atoms with Crippen molar-refractivity contribution in [3.05, 3.63) is 0 Å². The molecule has 0 aliphatic carbocycles. The summed E-state index contributed by atoms with van der Waals surface area (Å²) in [6.07, 6.45) is 5.06. The second-order valence-electron chi connectivity index (χ2n) is 7.67. The zero-order valence-electron chi connectivity index (χ0n) is 16.2. The van der Waals surface area contributed by atoms with Crippen molar-refractivity contribution >= 4 is 17.8 Å². The molecule has 0 aromatic heterocycles. The summed E-state index contributed by atoms with van der Waals surface area (Å²) in [6.45, 7) is 3.34. The highest BCUT2D eigenvalue weighted by atomic mass is 16.5. The first-order valence-corrected chi connectivity index (χ1v) is 9.99. The Bertz CT molecular complexity index is 508. The van der Waals surface area contributed by atoms with Crippen LogP contribution in [0.2, 0.25) is 0 Å². The molecule has 3 N–H and O–H groups in total. The van der Waals surface area contributed by atoms with E-state index in [0.717, 1.165) is 45.2 Å². The van der Waals surface area contributed by atoms with Gasteiger partial charge in [0.25, 0.3) is 0 Å². The average Bonchev–Trinajstić information content (AvgIpc) is 2.66. The number of piperidine rings is 2. The van der Waals surface area contributed by atoms with E-state index in [1.807, 2.05) is 0 Å². The largest absolute Gasteiger partial charge is 0.481 e. The molecular formula is C19H33N3O5. The van der Waals surface area contributed by atoms with Gasteiger partial charge in [0.2, 0.25) is 11.8 Å². The summed E-state index contributed by atoms with van der Waals surface area (Å²) < 4.78 is 4.99. The van der Waals surface area contributed by atoms with E-state index in [9.17, 15) is 14.4 Å². The maximum atomic E-state index is 12.6. The lowest BCUT2D eigenvalue weighted by Gasteiger charge is -2.33. The van der Waals surface area contributed by atoms with Crippen LogP contribution in [0.3, 0.4) is 0 Å². The number of likely N-dealkylation sites (tertiary alicyclic amines) is 1. The van der Waals surface area contributed by atoms with Crippen LogP contribution in [0.5, 0.6) is 0 Å². The van der Waals surface area contributed by atoms with Crippen molar-refractivity contribution in [1.29, 1.82) is 0 Å². The Morgan fingerprint density at radius 3 is 2.67 bits per heavy atom. The van der Waals surface area contributed by atoms with E-state index in [0.29, 0.717) is 25.4 Å². The Morgan fingerprint density at radius 2 is 2.00 bits per heavy atom. The molecular weight excluding hydrogens is 350 g/mol. The summed E-state index contributed by atoms with van der Waals surface area (Å²) in [6, 6.07) is -0.550. The van der Waals surface area contributed by atoms with Gasteiger partial charge >= 0.3 is 5.97 Å². The molecule has 0 radical (unpaired) electrons. The first kappa shape index (κ1) is 21.6. The van der Waals surface area contributed by atoms with Gasteiger partial charge in [0, 0.05) is 26.6 Å². The van der Waals surface area contributed by atoms with Crippen LogP contribution in [0, 0.1) is 11.8 Å². The third kappa shape index (κ3) is 7.46. The number of aliphatic carboxylic acids is 1. The van der Waals surface area contributed by atoms with E-state index in [2.05, 4.69) is 10.6 Å². The molecule has 2 fully saturated rings. The standard InChI is InChI=1S/C19H33N3O5/c1-27-13-16(11-18(24)25)21-19(26)15-3-2-10-22(12-15)17(23)5-4-14-6-8-20-9-7-14/h14-16,20H,2-13H2,1H3,(H,21,26)(H,24,25)/t15-,16+/m1/s1. The second kappa shape index (κ2) is 11.2. The summed E-state index contributed by atoms with van der Waals surface area (Å²) >= 11 is 0. The first-order chi connectivity index (χ1) is 13.0. The quantitative estimate of drug-likeness (QED) is 0.538. The third-order valence-corrected chi connectivity index (χ3v) is 5.51. The van der Waals surface area contributed by atoms with Crippen molar-refractivity contribution in [3.8, 4) is 0 Å². The molecule has 2 rings (SSSR count). The Labute approximate surface area is 161 Å². The molecule has 2 amide bonds. The fourth-order valence-electron chi connectivity index (χ4n) is 3.96. The number of amides is 2. The van der Waals surface area contributed by atoms with Gasteiger partial charge in [-0.1, -0.05) is 0 Å². The van der Waals surface area contributed by atoms with Crippen LogP contribution >= 0.6 is 0 Å². The lowest BCUT2D eigenvalue weighted by molar-refractivity contribution is -0.138. The zero-order valence-corrected chi connectivity index (χ0v) is 16.2. The summed E-state index contributed by atoms with van der Waals surface area (Å²) in [5.74, 6) is -0.700. The van der Waals surface area contributed by atoms with E-state index >= 15 is 0 Å². The van der Waals surface area contributed by atoms with Crippen LogP contribution in [0.4, 0.5) is 0 Å². The Morgan fingerprint density at radius 1 is 1.26 bits per heavy atom. The number of carboxylic acids is 1. The monoisotopic (exact) mass is 383 g/mol. The van der Waals surface area contributed by atoms with Gasteiger partial charge in [0.05, 0.1) is 25.0 Å². The molecule has 0 aromatic rings. The number of carbonyl (C=O) groups is 3. The van der Waals surface area contributed by atoms with Crippen LogP contribution in [0.25, 0.3) is 0 Å². The van der Waals surface area contributed by atoms with Crippen LogP contribution in [-0.4, -0.2) is 73.7 Å². The van der Waals surface area contributed by atoms with Gasteiger partial charge in [0.15, 0.2) is 0 Å². The SMILES string of the molecule is COC[C@H](CC(=O)O)NC(=O)[C@@H]1CCCN(C(=O)CCC2CCNCC2)C1. The van der Waals surface area contributed by atoms with E-state index in [4.69, 9.17) is 9.84 Å². The molecule has 2 saturated heterocycles. The van der Waals surface area contributed by atoms with Crippen LogP contribution in [0.1, 0.15) is 44.9 Å². The number of rotatable bonds is 9. The number of hydrogen-bond donors (Lipinski definition) is 3. The molecule has 2 atom stereocenters. The molecule has 0 aromatic carbocycles. The molecule has 2 aliphatic heterocycles. The Hall–Kier alpha value is -1.67. The van der Waals surface area contributed by atoms with Crippen LogP contribution in [0.15, 0.2) is 0 Å². The van der Waals surface area contributed by atoms with Crippen LogP contribution < -0.4 is 10.6 Å². The van der Waals surface area contributed by atoms with Gasteiger partial charge in [-0.05, 0) is 51.1 Å². The topological polar surface area (TPSA) is 108 Å². The predicted molar refractivity (Wildman–Crippen MR) is 100 cm³/mol. The van der Waals surface area contributed by atoms with Crippen molar-refractivity contribution in [2.24, 2.45) is 11.8 Å². The molecule has 0 unspecified atom stereocenters. The Balaban J connectivity index is 1.79. The highest BCUT2D eigenvalue weighted by molar-refractivity contribution is 5.82. The predicted octanol–water partition coefficient (Wildman–Crippen LogP) is 0.611. The fourth-order valence-corrected chi connectivity index (χ4v) is 3.96. The molecule has 27 heavy (non-hydrogen) atoms. The van der Waals surface area contributed by atoms with Gasteiger partial charge in [-0.15, -0.1) is 0 Å². The van der Waals surface area contributed by atoms with Crippen LogP contribution in [-0.2, 0) is 19.1 Å². The average molecular weight is 383 g/mol. The summed E-state index contributed by atoms with van der Waals surface area (Å²) in [4.78, 5) is 37.8. The molecule has 2 aliphatic rings. The van der Waals surface area contributed by atoms with Crippen molar-refractivity contribution in [2.75, 3.05) is 39.9 Å². The number of hydrogen-bond acceptors (Lipinski definition) is 5. The minimum atomic E-state index is -0.976. The Kier molecular flexibility index (Phi) is 9.00. The summed E-state index contributed by atoms with van der Waals surface area (Å²) in [5.41, 5.74) is 0. The number of ether oxygens (including phenoxy) is 1. The molecule has 0 bridgehead atoms. The lowest BCUT2D eigenvalue weighted by Crippen LogP contribution is -2.49. The summed E-state index contributed by atoms with van der Waals surface area (Å²) in [7, 11) is 1.48. The fraction of sp³-hybridized carbons (Fsp3) is 0.842. The number of carbonyl (C=O) groups excluding carboxylic acids is 2. The van der Waals surface area contributed by atoms with Gasteiger partial charge in [-0.25, -0.2) is 0 Å². The second-order valence-corrected chi connectivity index (χ2v) is 7.67. The highest BCUT2D eigenvalue weighted by Crippen LogP contribution is 2.21. The van der Waals surface area contributed by atoms with E-state index in [1.54, 1.807) is 4.90 Å². The maximum absolute atomic E-state index is 12.6. The van der Waals surface area contributed by atoms with Crippen molar-refractivity contribution < 1.29 is 24.2 Å². The van der Waals surface area contributed by atoms with Crippen molar-refractivity contribution in [2.45, 2.75) is 51.0 Å². The third-order valence-electron chi connectivity index (χ3n) is 5.51. The lowest BCUT2D eigenvalue weighted by atomic mass is 9.92. The van der Waals surface area contributed by atoms with Gasteiger partial charge < -0.3 is 25.4 Å². The molecule has 2 heterocycles. The molecule has 0 spiro atoms. The molecule has 8 heteroatoms. The van der Waals surface area contributed by atoms with E-state index in [-0.39, 0.29) is 30.8 Å². The first-order valence-electron chi connectivity index (χ1n) is 9.99. The number of nitrogens with one attached hydrogen (secondary N) is 2. The van der Waals surface area contributed by atoms with Gasteiger partial charge in [0.1, 0.15) is 0 Å². The number of methoxy groups -OCH3 is 1. The molecule has 154 valence electrons. The van der Waals surface area contributed by atoms with E-state index < -0.39 is 12.0 Å². The number of nitrogens with zero attached hydrogens (tertiary/aromatic N) is 1. The van der Waals surface area contributed by atoms with Crippen molar-refractivity contribution in [3.63, 3.8) is 0 Å². The van der Waals surface area contributed by atoms with Gasteiger partial charge in [-0.2, -0.15) is 0 Å². The molecule has 8 nitrogen and oxygen atoms in total. The van der Waals surface area contributed by atoms with E-state index in [1.165, 1.54) is 7.11 Å². The smallest absolute Gasteiger partial charge is 0.305 e. The maximum Gasteiger partial charge on any atom is 0.305 e. The minimum Gasteiger partial charge on any atom is -0.481 e. The minimum absolute atomic E-state index is 0.130. The highest BCUT2D eigenvalue weighted by Gasteiger charge is 2.30.